The molecular formula is C16H13N3OS. The molecule has 3 aromatic rings. The number of hydrogen-bond donors (Lipinski definition) is 1. The van der Waals surface area contributed by atoms with Crippen molar-refractivity contribution < 1.29 is 4.79 Å². The van der Waals surface area contributed by atoms with E-state index in [1.807, 2.05) is 29.6 Å². The molecule has 1 amide bonds. The molecule has 4 nitrogen and oxygen atoms in total. The third-order valence-corrected chi connectivity index (χ3v) is 3.84. The zero-order chi connectivity index (χ0) is 14.5. The van der Waals surface area contributed by atoms with Crippen LogP contribution in [0.3, 0.4) is 0 Å². The molecule has 0 spiro atoms. The Bertz CT molecular complexity index is 726. The van der Waals surface area contributed by atoms with E-state index in [9.17, 15) is 4.79 Å². The first kappa shape index (κ1) is 13.5. The fourth-order valence-corrected chi connectivity index (χ4v) is 2.61. The Labute approximate surface area is 126 Å². The number of amides is 1. The summed E-state index contributed by atoms with van der Waals surface area (Å²) in [4.78, 5) is 21.4. The molecule has 3 aromatic heterocycles. The Balaban J connectivity index is 1.69. The fourth-order valence-electron chi connectivity index (χ4n) is 1.91. The van der Waals surface area contributed by atoms with Crippen molar-refractivity contribution in [3.05, 3.63) is 71.5 Å². The van der Waals surface area contributed by atoms with Crippen molar-refractivity contribution in [1.82, 2.24) is 15.3 Å². The number of pyridine rings is 2. The third-order valence-electron chi connectivity index (χ3n) is 2.95. The van der Waals surface area contributed by atoms with Crippen molar-refractivity contribution in [3.8, 4) is 10.6 Å². The molecular weight excluding hydrogens is 282 g/mol. The maximum Gasteiger partial charge on any atom is 0.270 e. The van der Waals surface area contributed by atoms with E-state index in [1.165, 1.54) is 0 Å². The van der Waals surface area contributed by atoms with Gasteiger partial charge in [-0.15, -0.1) is 11.3 Å². The number of nitrogens with one attached hydrogen (secondary N) is 1. The fraction of sp³-hybridized carbons (Fsp3) is 0.0625. The lowest BCUT2D eigenvalue weighted by Crippen LogP contribution is -2.23. The van der Waals surface area contributed by atoms with E-state index in [-0.39, 0.29) is 5.91 Å². The lowest BCUT2D eigenvalue weighted by atomic mass is 10.2. The molecule has 3 heterocycles. The van der Waals surface area contributed by atoms with E-state index in [1.54, 1.807) is 41.9 Å². The molecule has 0 radical (unpaired) electrons. The largest absolute Gasteiger partial charge is 0.347 e. The van der Waals surface area contributed by atoms with Crippen LogP contribution in [0.5, 0.6) is 0 Å². The van der Waals surface area contributed by atoms with Gasteiger partial charge in [-0.1, -0.05) is 12.1 Å². The minimum atomic E-state index is -0.176. The van der Waals surface area contributed by atoms with Crippen molar-refractivity contribution >= 4 is 17.2 Å². The smallest absolute Gasteiger partial charge is 0.270 e. The van der Waals surface area contributed by atoms with Gasteiger partial charge in [-0.25, -0.2) is 0 Å². The Morgan fingerprint density at radius 3 is 2.81 bits per heavy atom. The van der Waals surface area contributed by atoms with Crippen LogP contribution in [0.15, 0.2) is 60.2 Å². The third kappa shape index (κ3) is 3.32. The van der Waals surface area contributed by atoms with Crippen LogP contribution in [-0.2, 0) is 6.54 Å². The predicted octanol–water partition coefficient (Wildman–Crippen LogP) is 3.14. The van der Waals surface area contributed by atoms with Crippen LogP contribution < -0.4 is 5.32 Å². The van der Waals surface area contributed by atoms with Crippen molar-refractivity contribution in [2.45, 2.75) is 6.54 Å². The first-order valence-electron chi connectivity index (χ1n) is 6.51. The Morgan fingerprint density at radius 1 is 1.10 bits per heavy atom. The summed E-state index contributed by atoms with van der Waals surface area (Å²) in [5.74, 6) is -0.176. The molecule has 0 saturated carbocycles. The highest BCUT2D eigenvalue weighted by atomic mass is 32.1. The summed E-state index contributed by atoms with van der Waals surface area (Å²) in [5.41, 5.74) is 2.36. The van der Waals surface area contributed by atoms with Crippen LogP contribution in [0.25, 0.3) is 10.6 Å². The molecule has 0 aliphatic heterocycles. The van der Waals surface area contributed by atoms with E-state index < -0.39 is 0 Å². The molecule has 0 saturated heterocycles. The van der Waals surface area contributed by atoms with Crippen LogP contribution in [0.2, 0.25) is 0 Å². The summed E-state index contributed by atoms with van der Waals surface area (Å²) < 4.78 is 0. The van der Waals surface area contributed by atoms with Gasteiger partial charge in [0.05, 0.1) is 10.6 Å². The van der Waals surface area contributed by atoms with Crippen molar-refractivity contribution in [3.63, 3.8) is 0 Å². The highest BCUT2D eigenvalue weighted by Crippen LogP contribution is 2.22. The van der Waals surface area contributed by atoms with Crippen molar-refractivity contribution in [2.24, 2.45) is 0 Å². The van der Waals surface area contributed by atoms with E-state index in [0.717, 1.165) is 16.1 Å². The summed E-state index contributed by atoms with van der Waals surface area (Å²) in [6, 6.07) is 13.2. The van der Waals surface area contributed by atoms with Crippen LogP contribution in [0.1, 0.15) is 16.1 Å². The van der Waals surface area contributed by atoms with E-state index in [4.69, 9.17) is 0 Å². The van der Waals surface area contributed by atoms with Gasteiger partial charge in [-0.2, -0.15) is 0 Å². The highest BCUT2D eigenvalue weighted by molar-refractivity contribution is 7.13. The molecule has 21 heavy (non-hydrogen) atoms. The zero-order valence-corrected chi connectivity index (χ0v) is 12.0. The Morgan fingerprint density at radius 2 is 2.05 bits per heavy atom. The standard InChI is InChI=1S/C16H13N3OS/c20-16(13-4-1-2-7-17-13)19-11-12-6-8-18-14(10-12)15-5-3-9-21-15/h1-10H,11H2,(H,19,20). The summed E-state index contributed by atoms with van der Waals surface area (Å²) in [6.07, 6.45) is 3.37. The maximum absolute atomic E-state index is 11.9. The normalized spacial score (nSPS) is 10.3. The van der Waals surface area contributed by atoms with E-state index >= 15 is 0 Å². The number of carbonyl (C=O) groups is 1. The van der Waals surface area contributed by atoms with Gasteiger partial charge in [0.15, 0.2) is 0 Å². The second-order valence-corrected chi connectivity index (χ2v) is 5.37. The molecule has 0 aliphatic rings. The topological polar surface area (TPSA) is 54.9 Å². The van der Waals surface area contributed by atoms with Crippen molar-refractivity contribution in [1.29, 1.82) is 0 Å². The number of hydrogen-bond acceptors (Lipinski definition) is 4. The molecule has 3 rings (SSSR count). The average molecular weight is 295 g/mol. The van der Waals surface area contributed by atoms with Crippen LogP contribution in [0, 0.1) is 0 Å². The quantitative estimate of drug-likeness (QED) is 0.804. The number of carbonyl (C=O) groups excluding carboxylic acids is 1. The number of nitrogens with zero attached hydrogens (tertiary/aromatic N) is 2. The first-order chi connectivity index (χ1) is 10.3. The summed E-state index contributed by atoms with van der Waals surface area (Å²) in [7, 11) is 0. The summed E-state index contributed by atoms with van der Waals surface area (Å²) in [5, 5.41) is 4.88. The lowest BCUT2D eigenvalue weighted by molar-refractivity contribution is 0.0946. The van der Waals surface area contributed by atoms with Gasteiger partial charge in [0, 0.05) is 18.9 Å². The SMILES string of the molecule is O=C(NCc1ccnc(-c2cccs2)c1)c1ccccn1. The molecule has 0 unspecified atom stereocenters. The molecule has 0 fully saturated rings. The highest BCUT2D eigenvalue weighted by Gasteiger charge is 2.06. The van der Waals surface area contributed by atoms with Gasteiger partial charge in [0.25, 0.3) is 5.91 Å². The van der Waals surface area contributed by atoms with Gasteiger partial charge < -0.3 is 5.32 Å². The van der Waals surface area contributed by atoms with Gasteiger partial charge in [0.2, 0.25) is 0 Å². The Hall–Kier alpha value is -2.53. The van der Waals surface area contributed by atoms with Crippen LogP contribution in [0.4, 0.5) is 0 Å². The van der Waals surface area contributed by atoms with E-state index in [2.05, 4.69) is 15.3 Å². The number of thiophene rings is 1. The number of rotatable bonds is 4. The monoisotopic (exact) mass is 295 g/mol. The average Bonchev–Trinajstić information content (AvgIpc) is 3.08. The zero-order valence-electron chi connectivity index (χ0n) is 11.2. The molecule has 1 N–H and O–H groups in total. The summed E-state index contributed by atoms with van der Waals surface area (Å²) in [6.45, 7) is 0.455. The van der Waals surface area contributed by atoms with Gasteiger partial charge in [0.1, 0.15) is 5.69 Å². The maximum atomic E-state index is 11.9. The molecule has 0 aromatic carbocycles. The summed E-state index contributed by atoms with van der Waals surface area (Å²) >= 11 is 1.65. The number of aromatic nitrogens is 2. The molecule has 0 bridgehead atoms. The van der Waals surface area contributed by atoms with Crippen molar-refractivity contribution in [2.75, 3.05) is 0 Å². The minimum Gasteiger partial charge on any atom is -0.347 e. The second kappa shape index (κ2) is 6.28. The second-order valence-electron chi connectivity index (χ2n) is 4.42. The van der Waals surface area contributed by atoms with Gasteiger partial charge in [-0.3, -0.25) is 14.8 Å². The molecule has 0 aliphatic carbocycles. The van der Waals surface area contributed by atoms with Gasteiger partial charge >= 0.3 is 0 Å². The van der Waals surface area contributed by atoms with E-state index in [0.29, 0.717) is 12.2 Å². The predicted molar refractivity (Wildman–Crippen MR) is 83.0 cm³/mol. The minimum absolute atomic E-state index is 0.176. The van der Waals surface area contributed by atoms with Crippen LogP contribution >= 0.6 is 11.3 Å². The van der Waals surface area contributed by atoms with Gasteiger partial charge in [-0.05, 0) is 41.3 Å². The first-order valence-corrected chi connectivity index (χ1v) is 7.39. The lowest BCUT2D eigenvalue weighted by Gasteiger charge is -2.06. The van der Waals surface area contributed by atoms with Crippen LogP contribution in [-0.4, -0.2) is 15.9 Å². The molecule has 104 valence electrons. The molecule has 0 atom stereocenters. The Kier molecular flexibility index (Phi) is 4.02. The molecule has 5 heteroatoms.